The number of benzene rings is 6. The van der Waals surface area contributed by atoms with Gasteiger partial charge in [-0.3, -0.25) is 38.6 Å². The molecule has 3 aliphatic rings. The van der Waals surface area contributed by atoms with Gasteiger partial charge in [0.2, 0.25) is 11.1 Å². The van der Waals surface area contributed by atoms with E-state index in [0.717, 1.165) is 91.8 Å². The molecule has 0 bridgehead atoms. The quantitative estimate of drug-likeness (QED) is 0.0572. The molecule has 6 aromatic heterocycles. The van der Waals surface area contributed by atoms with E-state index < -0.39 is 16.4 Å². The van der Waals surface area contributed by atoms with E-state index in [1.54, 1.807) is 94.0 Å². The Bertz CT molecular complexity index is 5240. The number of hydrogen-bond acceptors (Lipinski definition) is 15. The molecular formula is C85H85BrClF3N12O9. The van der Waals surface area contributed by atoms with Crippen molar-refractivity contribution < 1.29 is 56.4 Å². The van der Waals surface area contributed by atoms with Crippen molar-refractivity contribution in [1.82, 2.24) is 59.0 Å². The summed E-state index contributed by atoms with van der Waals surface area (Å²) in [4.78, 5) is 64.6. The van der Waals surface area contributed by atoms with Gasteiger partial charge in [-0.25, -0.2) is 22.8 Å². The minimum Gasteiger partial charge on any atom is -0.508 e. The van der Waals surface area contributed by atoms with Gasteiger partial charge >= 0.3 is 12.2 Å². The number of likely N-dealkylation sites (tertiary alicyclic amines) is 3. The van der Waals surface area contributed by atoms with Crippen LogP contribution in [0.3, 0.4) is 0 Å². The Morgan fingerprint density at radius 2 is 0.811 bits per heavy atom. The van der Waals surface area contributed by atoms with Crippen molar-refractivity contribution in [2.45, 2.75) is 109 Å². The third kappa shape index (κ3) is 20.8. The number of phenols is 1. The lowest BCUT2D eigenvalue weighted by atomic mass is 10.1. The SMILES string of the molecule is C=CC(=O)Cl.C=CC(=O)N1CC[C@@H](n2nc(-c3ccc(OCc4ccccc4F)cc3)c3cnccc32)C1.CC(C)(C)OC(=O)N1CC[C@@H](n2nc(-c3ccc(O)cc3)c3cnccc32)C1.CC(C)(C)OC(=O)N1CC[C@@H](n2nc(-c3ccc(OCc4ccccc4F)cc3)c3cnccc32)C1.Fc1ccccc1CBr. The highest BCUT2D eigenvalue weighted by Gasteiger charge is 2.35. The standard InChI is InChI=1S/C28H29FN4O3.C26H23FN4O2.C21H24N4O3.C7H6BrF.C3H3ClO/c1-28(2,3)36-27(34)32-15-13-21(17-32)33-25-12-14-30-16-23(25)26(31-33)19-8-10-22(11-9-19)35-18-20-6-4-5-7-24(20)29;1-2-25(32)30-14-12-20(16-30)31-24-11-13-28-15-22(24)26(29-31)18-7-9-21(10-8-18)33-17-19-5-3-4-6-23(19)27;1-21(2,3)28-20(27)24-11-9-15(13-24)25-18-8-10-22-12-17(18)19(23-25)14-4-6-16(26)7-5-14;8-5-6-3-1-2-4-7(6)9;1-2-3(4)5/h4-12,14,16,21H,13,15,17-18H2,1-3H3;2-11,13,15,20H,1,12,14,16-17H2;4-8,10,12,15,26H,9,11,13H2,1-3H3;1-4H,5H2;2H,1H2/t21-;20-;15-;;/m111../s1. The van der Waals surface area contributed by atoms with Crippen LogP contribution in [0.2, 0.25) is 0 Å². The van der Waals surface area contributed by atoms with Crippen LogP contribution in [-0.2, 0) is 37.6 Å². The zero-order chi connectivity index (χ0) is 78.9. The van der Waals surface area contributed by atoms with Gasteiger partial charge in [0, 0.05) is 126 Å². The molecule has 3 amide bonds. The largest absolute Gasteiger partial charge is 0.508 e. The normalized spacial score (nSPS) is 15.2. The van der Waals surface area contributed by atoms with E-state index in [9.17, 15) is 37.5 Å². The van der Waals surface area contributed by atoms with Crippen molar-refractivity contribution in [2.24, 2.45) is 0 Å². The third-order valence-electron chi connectivity index (χ3n) is 18.2. The lowest BCUT2D eigenvalue weighted by Gasteiger charge is -2.24. The summed E-state index contributed by atoms with van der Waals surface area (Å²) in [6.45, 7) is 21.9. The summed E-state index contributed by atoms with van der Waals surface area (Å²) in [7, 11) is 0. The second kappa shape index (κ2) is 36.7. The van der Waals surface area contributed by atoms with E-state index in [4.69, 9.17) is 45.8 Å². The molecule has 574 valence electrons. The summed E-state index contributed by atoms with van der Waals surface area (Å²) in [6.07, 6.45) is 15.0. The Morgan fingerprint density at radius 1 is 0.486 bits per heavy atom. The van der Waals surface area contributed by atoms with Crippen LogP contribution in [0.25, 0.3) is 66.5 Å². The molecule has 12 aromatic rings. The minimum atomic E-state index is -0.530. The topological polar surface area (TPSA) is 227 Å². The van der Waals surface area contributed by atoms with Gasteiger partial charge in [0.15, 0.2) is 0 Å². The monoisotopic (exact) mass is 1590 g/mol. The second-order valence-electron chi connectivity index (χ2n) is 28.3. The number of phenolic OH excluding ortho intramolecular Hbond substituents is 1. The molecule has 1 N–H and O–H groups in total. The number of pyridine rings is 3. The van der Waals surface area contributed by atoms with Gasteiger partial charge in [-0.05, 0) is 199 Å². The number of hydrogen-bond donors (Lipinski definition) is 1. The molecule has 0 unspecified atom stereocenters. The van der Waals surface area contributed by atoms with Crippen LogP contribution in [0.15, 0.2) is 226 Å². The lowest BCUT2D eigenvalue weighted by Crippen LogP contribution is -2.35. The Hall–Kier alpha value is -11.7. The molecule has 3 fully saturated rings. The maximum Gasteiger partial charge on any atom is 0.410 e. The molecule has 0 spiro atoms. The average Bonchev–Trinajstić information content (AvgIpc) is 1.64. The van der Waals surface area contributed by atoms with Crippen LogP contribution in [0.1, 0.15) is 95.6 Å². The number of ether oxygens (including phenoxy) is 4. The number of aromatic nitrogens is 9. The fourth-order valence-corrected chi connectivity index (χ4v) is 13.2. The number of amides is 3. The Labute approximate surface area is 654 Å². The van der Waals surface area contributed by atoms with Crippen LogP contribution < -0.4 is 9.47 Å². The summed E-state index contributed by atoms with van der Waals surface area (Å²) < 4.78 is 68.8. The van der Waals surface area contributed by atoms with Gasteiger partial charge in [-0.15, -0.1) is 0 Å². The molecule has 3 saturated heterocycles. The molecule has 0 saturated carbocycles. The lowest BCUT2D eigenvalue weighted by molar-refractivity contribution is -0.125. The fourth-order valence-electron chi connectivity index (χ4n) is 12.8. The van der Waals surface area contributed by atoms with E-state index in [1.807, 2.05) is 159 Å². The zero-order valence-corrected chi connectivity index (χ0v) is 64.7. The number of halogens is 5. The van der Waals surface area contributed by atoms with Gasteiger partial charge in [-0.1, -0.05) is 83.7 Å². The number of nitrogens with zero attached hydrogens (tertiary/aromatic N) is 12. The van der Waals surface area contributed by atoms with E-state index in [2.05, 4.69) is 44.0 Å². The minimum absolute atomic E-state index is 0.0412. The van der Waals surface area contributed by atoms with Crippen LogP contribution in [-0.4, -0.2) is 138 Å². The summed E-state index contributed by atoms with van der Waals surface area (Å²) in [5.41, 5.74) is 8.85. The van der Waals surface area contributed by atoms with Gasteiger partial charge in [0.1, 0.15) is 76.2 Å². The van der Waals surface area contributed by atoms with E-state index >= 15 is 0 Å². The summed E-state index contributed by atoms with van der Waals surface area (Å²) in [5.74, 6) is 0.756. The van der Waals surface area contributed by atoms with Crippen LogP contribution >= 0.6 is 27.5 Å². The van der Waals surface area contributed by atoms with Crippen LogP contribution in [0, 0.1) is 17.5 Å². The van der Waals surface area contributed by atoms with E-state index in [0.29, 0.717) is 72.8 Å². The van der Waals surface area contributed by atoms with Crippen molar-refractivity contribution >= 4 is 83.6 Å². The molecule has 21 nitrogen and oxygen atoms in total. The summed E-state index contributed by atoms with van der Waals surface area (Å²) in [6, 6.07) is 48.1. The summed E-state index contributed by atoms with van der Waals surface area (Å²) >= 11 is 7.87. The highest BCUT2D eigenvalue weighted by Crippen LogP contribution is 2.38. The fraction of sp³-hybridized carbons (Fsp3) is 0.271. The van der Waals surface area contributed by atoms with Crippen LogP contribution in [0.4, 0.5) is 22.8 Å². The first-order valence-corrected chi connectivity index (χ1v) is 37.5. The predicted octanol–water partition coefficient (Wildman–Crippen LogP) is 18.4. The Morgan fingerprint density at radius 3 is 1.13 bits per heavy atom. The summed E-state index contributed by atoms with van der Waals surface area (Å²) in [5, 5.41) is 27.2. The molecule has 3 aliphatic heterocycles. The van der Waals surface area contributed by atoms with Gasteiger partial charge in [-0.2, -0.15) is 15.3 Å². The second-order valence-corrected chi connectivity index (χ2v) is 29.2. The molecule has 6 aromatic carbocycles. The van der Waals surface area contributed by atoms with Crippen molar-refractivity contribution in [1.29, 1.82) is 0 Å². The molecule has 9 heterocycles. The maximum absolute atomic E-state index is 13.9. The molecule has 111 heavy (non-hydrogen) atoms. The Balaban J connectivity index is 0.000000152. The molecule has 3 atom stereocenters. The number of aromatic hydroxyl groups is 1. The number of rotatable bonds is 15. The molecular weight excluding hydrogens is 1510 g/mol. The first-order chi connectivity index (χ1) is 53.3. The Kier molecular flexibility index (Phi) is 26.5. The van der Waals surface area contributed by atoms with Crippen LogP contribution in [0.5, 0.6) is 17.2 Å². The molecule has 0 radical (unpaired) electrons. The van der Waals surface area contributed by atoms with Gasteiger partial charge in [0.05, 0.1) is 34.7 Å². The van der Waals surface area contributed by atoms with Crippen molar-refractivity contribution in [3.63, 3.8) is 0 Å². The predicted molar refractivity (Wildman–Crippen MR) is 425 cm³/mol. The van der Waals surface area contributed by atoms with Crippen molar-refractivity contribution in [2.75, 3.05) is 39.3 Å². The highest BCUT2D eigenvalue weighted by molar-refractivity contribution is 9.08. The first kappa shape index (κ1) is 80.3. The van der Waals surface area contributed by atoms with Crippen molar-refractivity contribution in [3.05, 3.63) is 260 Å². The smallest absolute Gasteiger partial charge is 0.410 e. The van der Waals surface area contributed by atoms with Crippen molar-refractivity contribution in [3.8, 4) is 51.0 Å². The average molecular weight is 1590 g/mol. The maximum atomic E-state index is 13.9. The molecule has 26 heteroatoms. The number of carbonyl (C=O) groups excluding carboxylic acids is 4. The first-order valence-electron chi connectivity index (χ1n) is 36.0. The molecule has 15 rings (SSSR count). The van der Waals surface area contributed by atoms with E-state index in [1.165, 1.54) is 24.3 Å². The number of alkyl halides is 1. The van der Waals surface area contributed by atoms with Gasteiger partial charge < -0.3 is 38.8 Å². The third-order valence-corrected chi connectivity index (χ3v) is 19.0. The van der Waals surface area contributed by atoms with E-state index in [-0.39, 0.29) is 72.6 Å². The number of carbonyl (C=O) groups is 4. The van der Waals surface area contributed by atoms with Gasteiger partial charge in [0.25, 0.3) is 0 Å². The molecule has 0 aliphatic carbocycles. The number of fused-ring (bicyclic) bond motifs is 3. The zero-order valence-electron chi connectivity index (χ0n) is 62.3. The number of allylic oxidation sites excluding steroid dienone is 1. The highest BCUT2D eigenvalue weighted by atomic mass is 79.9.